The van der Waals surface area contributed by atoms with E-state index in [1.807, 2.05) is 6.92 Å². The van der Waals surface area contributed by atoms with E-state index in [4.69, 9.17) is 10.3 Å². The number of rotatable bonds is 5. The summed E-state index contributed by atoms with van der Waals surface area (Å²) in [4.78, 5) is 13.7. The molecule has 1 aliphatic carbocycles. The number of carboxylic acid groups (broad SMARTS) is 1. The molecule has 0 amide bonds. The second kappa shape index (κ2) is 9.82. The maximum Gasteiger partial charge on any atom is 0.310 e. The average molecular weight is 413 g/mol. The highest BCUT2D eigenvalue weighted by Gasteiger charge is 2.42. The quantitative estimate of drug-likeness (QED) is 0.635. The van der Waals surface area contributed by atoms with Crippen molar-refractivity contribution in [3.63, 3.8) is 0 Å². The number of likely N-dealkylation sites (tertiary alicyclic amines) is 1. The van der Waals surface area contributed by atoms with Crippen LogP contribution in [0.3, 0.4) is 0 Å². The van der Waals surface area contributed by atoms with E-state index in [1.165, 1.54) is 12.1 Å². The van der Waals surface area contributed by atoms with Gasteiger partial charge in [-0.25, -0.2) is 0 Å². The van der Waals surface area contributed by atoms with Crippen molar-refractivity contribution in [3.8, 4) is 0 Å². The van der Waals surface area contributed by atoms with E-state index in [1.54, 1.807) is 12.1 Å². The predicted molar refractivity (Wildman–Crippen MR) is 108 cm³/mol. The van der Waals surface area contributed by atoms with E-state index in [-0.39, 0.29) is 4.90 Å². The first-order chi connectivity index (χ1) is 13.2. The normalized spacial score (nSPS) is 20.4. The minimum atomic E-state index is -4.02. The largest absolute Gasteiger partial charge is 0.481 e. The molecule has 0 atom stereocenters. The molecule has 0 aromatic heterocycles. The van der Waals surface area contributed by atoms with Gasteiger partial charge in [-0.1, -0.05) is 30.5 Å². The van der Waals surface area contributed by atoms with Gasteiger partial charge in [-0.3, -0.25) is 9.35 Å². The molecule has 2 fully saturated rings. The lowest BCUT2D eigenvalue weighted by atomic mass is 9.84. The zero-order chi connectivity index (χ0) is 20.8. The molecule has 1 heterocycles. The van der Waals surface area contributed by atoms with Crippen molar-refractivity contribution in [2.75, 3.05) is 26.2 Å². The van der Waals surface area contributed by atoms with Gasteiger partial charge in [-0.05, 0) is 70.3 Å². The molecule has 4 N–H and O–H groups in total. The number of aryl methyl sites for hydroxylation is 1. The third-order valence-electron chi connectivity index (χ3n) is 5.90. The van der Waals surface area contributed by atoms with Crippen LogP contribution in [0.5, 0.6) is 0 Å². The van der Waals surface area contributed by atoms with Gasteiger partial charge in [0.25, 0.3) is 10.1 Å². The minimum Gasteiger partial charge on any atom is -0.481 e. The van der Waals surface area contributed by atoms with Crippen LogP contribution in [0.15, 0.2) is 29.2 Å². The summed E-state index contributed by atoms with van der Waals surface area (Å²) >= 11 is 0. The average Bonchev–Trinajstić information content (AvgIpc) is 3.12. The number of hydrogen-bond donors (Lipinski definition) is 3. The topological polar surface area (TPSA) is 121 Å². The van der Waals surface area contributed by atoms with Gasteiger partial charge in [-0.2, -0.15) is 8.42 Å². The highest BCUT2D eigenvalue weighted by molar-refractivity contribution is 7.85. The summed E-state index contributed by atoms with van der Waals surface area (Å²) < 4.78 is 29.6. The van der Waals surface area contributed by atoms with Crippen LogP contribution in [-0.4, -0.2) is 55.1 Å². The number of aliphatic carboxylic acids is 1. The molecular formula is C20H32N2O5S. The fourth-order valence-electron chi connectivity index (χ4n) is 4.01. The zero-order valence-electron chi connectivity index (χ0n) is 16.5. The highest BCUT2D eigenvalue weighted by Crippen LogP contribution is 2.39. The van der Waals surface area contributed by atoms with Crippen LogP contribution in [0.25, 0.3) is 0 Å². The monoisotopic (exact) mass is 412 g/mol. The van der Waals surface area contributed by atoms with E-state index in [0.717, 1.165) is 70.3 Å². The number of carbonyl (C=O) groups is 1. The van der Waals surface area contributed by atoms with Crippen molar-refractivity contribution in [1.82, 2.24) is 4.90 Å². The third-order valence-corrected chi connectivity index (χ3v) is 6.77. The summed E-state index contributed by atoms with van der Waals surface area (Å²) in [5.74, 6) is 0.0616. The molecule has 0 radical (unpaired) electrons. The van der Waals surface area contributed by atoms with Gasteiger partial charge < -0.3 is 15.7 Å². The Labute approximate surface area is 167 Å². The van der Waals surface area contributed by atoms with Gasteiger partial charge in [0, 0.05) is 6.54 Å². The van der Waals surface area contributed by atoms with Gasteiger partial charge in [0.05, 0.1) is 10.3 Å². The van der Waals surface area contributed by atoms with Gasteiger partial charge in [0.2, 0.25) is 0 Å². The second-order valence-corrected chi connectivity index (χ2v) is 9.46. The Morgan fingerprint density at radius 3 is 2.14 bits per heavy atom. The summed E-state index contributed by atoms with van der Waals surface area (Å²) in [6.07, 6.45) is 6.13. The molecule has 0 bridgehead atoms. The third kappa shape index (κ3) is 6.27. The van der Waals surface area contributed by atoms with Crippen LogP contribution >= 0.6 is 0 Å². The van der Waals surface area contributed by atoms with Crippen molar-refractivity contribution >= 4 is 16.1 Å². The first-order valence-electron chi connectivity index (χ1n) is 9.86. The van der Waals surface area contributed by atoms with Gasteiger partial charge in [-0.15, -0.1) is 0 Å². The van der Waals surface area contributed by atoms with E-state index in [9.17, 15) is 18.3 Å². The lowest BCUT2D eigenvalue weighted by Gasteiger charge is -2.36. The number of carboxylic acids is 1. The van der Waals surface area contributed by atoms with Crippen LogP contribution in [0.1, 0.15) is 44.1 Å². The van der Waals surface area contributed by atoms with Crippen LogP contribution < -0.4 is 5.73 Å². The molecule has 0 spiro atoms. The standard InChI is InChI=1S/C13H24N2O2.C7H8O3S/c14-9-11-3-7-15(8-4-11)10-13(12(16)17)5-1-2-6-13;1-6-2-4-7(5-3-6)11(8,9)10/h11H,1-10,14H2,(H,16,17);2-5H,1H3,(H,8,9,10). The molecule has 3 rings (SSSR count). The Morgan fingerprint density at radius 2 is 1.71 bits per heavy atom. The maximum absolute atomic E-state index is 11.5. The summed E-state index contributed by atoms with van der Waals surface area (Å²) in [6.45, 7) is 5.42. The molecule has 158 valence electrons. The molecular weight excluding hydrogens is 380 g/mol. The SMILES string of the molecule is Cc1ccc(S(=O)(=O)O)cc1.NCC1CCN(CC2(C(=O)O)CCCC2)CC1. The highest BCUT2D eigenvalue weighted by atomic mass is 32.2. The molecule has 1 aromatic carbocycles. The van der Waals surface area contributed by atoms with Crippen molar-refractivity contribution in [2.45, 2.75) is 50.3 Å². The molecule has 1 saturated heterocycles. The fourth-order valence-corrected chi connectivity index (χ4v) is 4.49. The number of piperidine rings is 1. The maximum atomic E-state index is 11.5. The van der Waals surface area contributed by atoms with Crippen molar-refractivity contribution in [2.24, 2.45) is 17.1 Å². The molecule has 28 heavy (non-hydrogen) atoms. The fraction of sp³-hybridized carbons (Fsp3) is 0.650. The van der Waals surface area contributed by atoms with Crippen molar-refractivity contribution in [1.29, 1.82) is 0 Å². The van der Waals surface area contributed by atoms with Crippen LogP contribution in [0, 0.1) is 18.3 Å². The van der Waals surface area contributed by atoms with Gasteiger partial charge >= 0.3 is 5.97 Å². The number of benzene rings is 1. The van der Waals surface area contributed by atoms with E-state index < -0.39 is 21.5 Å². The molecule has 8 heteroatoms. The molecule has 1 aromatic rings. The van der Waals surface area contributed by atoms with Gasteiger partial charge in [0.15, 0.2) is 0 Å². The summed E-state index contributed by atoms with van der Waals surface area (Å²) in [7, 11) is -4.02. The lowest BCUT2D eigenvalue weighted by Crippen LogP contribution is -2.45. The molecule has 2 aliphatic rings. The predicted octanol–water partition coefficient (Wildman–Crippen LogP) is 2.54. The Hall–Kier alpha value is -1.48. The van der Waals surface area contributed by atoms with E-state index in [2.05, 4.69) is 4.90 Å². The Morgan fingerprint density at radius 1 is 1.18 bits per heavy atom. The van der Waals surface area contributed by atoms with E-state index >= 15 is 0 Å². The van der Waals surface area contributed by atoms with Crippen molar-refractivity contribution < 1.29 is 22.9 Å². The first-order valence-corrected chi connectivity index (χ1v) is 11.3. The van der Waals surface area contributed by atoms with E-state index in [0.29, 0.717) is 5.92 Å². The Bertz CT molecular complexity index is 734. The Balaban J connectivity index is 0.000000221. The van der Waals surface area contributed by atoms with Crippen molar-refractivity contribution in [3.05, 3.63) is 29.8 Å². The summed E-state index contributed by atoms with van der Waals surface area (Å²) in [6, 6.07) is 5.99. The molecule has 1 aliphatic heterocycles. The van der Waals surface area contributed by atoms with Gasteiger partial charge in [0.1, 0.15) is 0 Å². The number of nitrogens with zero attached hydrogens (tertiary/aromatic N) is 1. The summed E-state index contributed by atoms with van der Waals surface area (Å²) in [5, 5.41) is 9.45. The Kier molecular flexibility index (Phi) is 8.00. The number of hydrogen-bond acceptors (Lipinski definition) is 5. The first kappa shape index (κ1) is 22.8. The van der Waals surface area contributed by atoms with Crippen LogP contribution in [-0.2, 0) is 14.9 Å². The molecule has 7 nitrogen and oxygen atoms in total. The number of nitrogens with two attached hydrogens (primary N) is 1. The van der Waals surface area contributed by atoms with Crippen LogP contribution in [0.4, 0.5) is 0 Å². The lowest BCUT2D eigenvalue weighted by molar-refractivity contribution is -0.150. The zero-order valence-corrected chi connectivity index (χ0v) is 17.3. The smallest absolute Gasteiger partial charge is 0.310 e. The molecule has 0 unspecified atom stereocenters. The van der Waals surface area contributed by atoms with Crippen LogP contribution in [0.2, 0.25) is 0 Å². The minimum absolute atomic E-state index is 0.0666. The second-order valence-electron chi connectivity index (χ2n) is 8.04. The summed E-state index contributed by atoms with van der Waals surface area (Å²) in [5.41, 5.74) is 6.18. The molecule has 1 saturated carbocycles.